The van der Waals surface area contributed by atoms with E-state index in [1.165, 1.54) is 5.56 Å². The number of imidazole rings is 1. The average molecular weight is 418 g/mol. The summed E-state index contributed by atoms with van der Waals surface area (Å²) in [5.74, 6) is -0.0396. The molecule has 1 amide bonds. The molecule has 2 aromatic carbocycles. The highest BCUT2D eigenvalue weighted by Gasteiger charge is 2.30. The van der Waals surface area contributed by atoms with Crippen molar-refractivity contribution in [2.75, 3.05) is 25.9 Å². The predicted molar refractivity (Wildman–Crippen MR) is 118 cm³/mol. The third-order valence-electron chi connectivity index (χ3n) is 5.32. The van der Waals surface area contributed by atoms with Crippen LogP contribution >= 0.6 is 11.8 Å². The topological polar surface area (TPSA) is 65.2 Å². The zero-order valence-corrected chi connectivity index (χ0v) is 17.6. The van der Waals surface area contributed by atoms with Gasteiger partial charge in [-0.25, -0.2) is 4.98 Å². The molecule has 6 nitrogen and oxygen atoms in total. The van der Waals surface area contributed by atoms with Crippen LogP contribution in [0.3, 0.4) is 0 Å². The molecule has 4 rings (SSSR count). The van der Waals surface area contributed by atoms with E-state index in [9.17, 15) is 10.1 Å². The van der Waals surface area contributed by atoms with E-state index in [1.807, 2.05) is 59.5 Å². The highest BCUT2D eigenvalue weighted by atomic mass is 32.2. The Hall–Kier alpha value is -3.08. The minimum absolute atomic E-state index is 0.0396. The van der Waals surface area contributed by atoms with E-state index in [0.717, 1.165) is 10.8 Å². The molecule has 1 aliphatic heterocycles. The maximum absolute atomic E-state index is 13.2. The fourth-order valence-electron chi connectivity index (χ4n) is 3.74. The van der Waals surface area contributed by atoms with Gasteiger partial charge in [-0.1, -0.05) is 48.2 Å². The molecule has 0 aliphatic carbocycles. The Morgan fingerprint density at radius 3 is 2.80 bits per heavy atom. The molecular formula is C23H23N5OS. The Bertz CT molecular complexity index is 1060. The lowest BCUT2D eigenvalue weighted by Crippen LogP contribution is -2.53. The second-order valence-electron chi connectivity index (χ2n) is 7.19. The zero-order valence-electron chi connectivity index (χ0n) is 16.8. The number of carbonyl (C=O) groups excluding carboxylic acids is 1. The lowest BCUT2D eigenvalue weighted by atomic mass is 10.1. The smallest absolute Gasteiger partial charge is 0.254 e. The summed E-state index contributed by atoms with van der Waals surface area (Å²) < 4.78 is 1.97. The highest BCUT2D eigenvalue weighted by molar-refractivity contribution is 7.98. The number of piperazine rings is 1. The number of hydrogen-bond donors (Lipinski definition) is 0. The Labute approximate surface area is 180 Å². The lowest BCUT2D eigenvalue weighted by Gasteiger charge is -2.38. The summed E-state index contributed by atoms with van der Waals surface area (Å²) in [5, 5.41) is 10.6. The van der Waals surface area contributed by atoms with E-state index >= 15 is 0 Å². The fraction of sp³-hybridized carbons (Fsp3) is 0.261. The van der Waals surface area contributed by atoms with Gasteiger partial charge in [0, 0.05) is 49.8 Å². The molecule has 1 aliphatic rings. The number of amides is 1. The van der Waals surface area contributed by atoms with Crippen LogP contribution in [0.4, 0.5) is 0 Å². The molecule has 0 bridgehead atoms. The molecule has 0 radical (unpaired) electrons. The van der Waals surface area contributed by atoms with E-state index in [0.29, 0.717) is 31.7 Å². The van der Waals surface area contributed by atoms with Crippen molar-refractivity contribution >= 4 is 17.7 Å². The molecule has 1 fully saturated rings. The van der Waals surface area contributed by atoms with Crippen LogP contribution in [-0.4, -0.2) is 57.2 Å². The third-order valence-corrected chi connectivity index (χ3v) is 5.98. The minimum atomic E-state index is -0.317. The first-order valence-corrected chi connectivity index (χ1v) is 11.1. The lowest BCUT2D eigenvalue weighted by molar-refractivity contribution is 0.0552. The number of nitriles is 1. The number of thioether (sulfide) groups is 1. The summed E-state index contributed by atoms with van der Waals surface area (Å²) in [6, 6.07) is 19.8. The zero-order chi connectivity index (χ0) is 20.9. The molecule has 1 saturated heterocycles. The van der Waals surface area contributed by atoms with Gasteiger partial charge in [0.1, 0.15) is 6.04 Å². The van der Waals surface area contributed by atoms with Crippen molar-refractivity contribution in [2.24, 2.45) is 0 Å². The van der Waals surface area contributed by atoms with Gasteiger partial charge < -0.3 is 4.90 Å². The van der Waals surface area contributed by atoms with Crippen molar-refractivity contribution in [3.05, 3.63) is 78.1 Å². The van der Waals surface area contributed by atoms with E-state index in [1.54, 1.807) is 22.9 Å². The standard InChI is InChI=1S/C23H23N5OS/c1-30-23-25-10-11-28(23)20-9-5-8-19(14-20)22(29)27-13-12-26(21(15-24)17-27)16-18-6-3-2-4-7-18/h2-11,14,21H,12-13,16-17H2,1H3. The quantitative estimate of drug-likeness (QED) is 0.595. The predicted octanol–water partition coefficient (Wildman–Crippen LogP) is 3.44. The number of nitrogens with zero attached hydrogens (tertiary/aromatic N) is 5. The number of aromatic nitrogens is 2. The molecule has 7 heteroatoms. The Balaban J connectivity index is 1.48. The van der Waals surface area contributed by atoms with E-state index in [4.69, 9.17) is 0 Å². The van der Waals surface area contributed by atoms with Crippen molar-refractivity contribution in [3.63, 3.8) is 0 Å². The Kier molecular flexibility index (Phi) is 6.17. The molecule has 1 aromatic heterocycles. The van der Waals surface area contributed by atoms with E-state index in [2.05, 4.69) is 28.1 Å². The van der Waals surface area contributed by atoms with Crippen LogP contribution in [0.25, 0.3) is 5.69 Å². The number of hydrogen-bond acceptors (Lipinski definition) is 5. The Morgan fingerprint density at radius 1 is 1.20 bits per heavy atom. The van der Waals surface area contributed by atoms with Gasteiger partial charge in [0.05, 0.1) is 6.07 Å². The molecule has 3 aromatic rings. The van der Waals surface area contributed by atoms with Crippen LogP contribution in [0.2, 0.25) is 0 Å². The molecule has 30 heavy (non-hydrogen) atoms. The van der Waals surface area contributed by atoms with Gasteiger partial charge in [0.25, 0.3) is 5.91 Å². The van der Waals surface area contributed by atoms with Gasteiger partial charge in [0.15, 0.2) is 5.16 Å². The van der Waals surface area contributed by atoms with Crippen molar-refractivity contribution in [2.45, 2.75) is 17.7 Å². The summed E-state index contributed by atoms with van der Waals surface area (Å²) in [6.07, 6.45) is 5.62. The third kappa shape index (κ3) is 4.25. The molecule has 2 heterocycles. The number of rotatable bonds is 5. The average Bonchev–Trinajstić information content (AvgIpc) is 3.29. The van der Waals surface area contributed by atoms with Crippen molar-refractivity contribution in [1.29, 1.82) is 5.26 Å². The van der Waals surface area contributed by atoms with E-state index < -0.39 is 0 Å². The molecule has 0 saturated carbocycles. The molecule has 0 spiro atoms. The molecular weight excluding hydrogens is 394 g/mol. The highest BCUT2D eigenvalue weighted by Crippen LogP contribution is 2.21. The van der Waals surface area contributed by atoms with Crippen LogP contribution in [0, 0.1) is 11.3 Å². The molecule has 152 valence electrons. The van der Waals surface area contributed by atoms with E-state index in [-0.39, 0.29) is 11.9 Å². The second-order valence-corrected chi connectivity index (χ2v) is 7.96. The fourth-order valence-corrected chi connectivity index (χ4v) is 4.27. The first kappa shape index (κ1) is 20.2. The maximum Gasteiger partial charge on any atom is 0.254 e. The minimum Gasteiger partial charge on any atom is -0.335 e. The van der Waals surface area contributed by atoms with Crippen molar-refractivity contribution in [1.82, 2.24) is 19.4 Å². The number of carbonyl (C=O) groups is 1. The first-order chi connectivity index (χ1) is 14.7. The van der Waals surface area contributed by atoms with Crippen LogP contribution in [0.15, 0.2) is 72.1 Å². The summed E-state index contributed by atoms with van der Waals surface area (Å²) in [7, 11) is 0. The Morgan fingerprint density at radius 2 is 2.03 bits per heavy atom. The molecule has 1 unspecified atom stereocenters. The van der Waals surface area contributed by atoms with Gasteiger partial charge in [-0.3, -0.25) is 14.3 Å². The van der Waals surface area contributed by atoms with Crippen LogP contribution in [0.1, 0.15) is 15.9 Å². The molecule has 1 atom stereocenters. The van der Waals surface area contributed by atoms with Gasteiger partial charge in [-0.15, -0.1) is 0 Å². The summed E-state index contributed by atoms with van der Waals surface area (Å²) in [4.78, 5) is 21.4. The largest absolute Gasteiger partial charge is 0.335 e. The van der Waals surface area contributed by atoms with Crippen LogP contribution < -0.4 is 0 Å². The number of benzene rings is 2. The maximum atomic E-state index is 13.2. The second kappa shape index (κ2) is 9.16. The summed E-state index contributed by atoms with van der Waals surface area (Å²) in [5.41, 5.74) is 2.71. The van der Waals surface area contributed by atoms with Gasteiger partial charge in [-0.2, -0.15) is 5.26 Å². The summed E-state index contributed by atoms with van der Waals surface area (Å²) in [6.45, 7) is 2.41. The summed E-state index contributed by atoms with van der Waals surface area (Å²) >= 11 is 1.56. The van der Waals surface area contributed by atoms with Crippen LogP contribution in [-0.2, 0) is 6.54 Å². The monoisotopic (exact) mass is 417 g/mol. The SMILES string of the molecule is CSc1nccn1-c1cccc(C(=O)N2CCN(Cc3ccccc3)C(C#N)C2)c1. The van der Waals surface area contributed by atoms with Crippen LogP contribution in [0.5, 0.6) is 0 Å². The molecule has 0 N–H and O–H groups in total. The van der Waals surface area contributed by atoms with Gasteiger partial charge in [-0.05, 0) is 30.0 Å². The normalized spacial score (nSPS) is 16.9. The van der Waals surface area contributed by atoms with Crippen molar-refractivity contribution in [3.8, 4) is 11.8 Å². The van der Waals surface area contributed by atoms with Gasteiger partial charge >= 0.3 is 0 Å². The van der Waals surface area contributed by atoms with Crippen molar-refractivity contribution < 1.29 is 4.79 Å². The first-order valence-electron chi connectivity index (χ1n) is 9.84. The van der Waals surface area contributed by atoms with Gasteiger partial charge in [0.2, 0.25) is 0 Å².